The zero-order valence-corrected chi connectivity index (χ0v) is 21.9. The van der Waals surface area contributed by atoms with Crippen molar-refractivity contribution in [2.45, 2.75) is 116 Å². The number of carbonyl (C=O) groups is 1. The Morgan fingerprint density at radius 2 is 1.47 bits per heavy atom. The van der Waals surface area contributed by atoms with Gasteiger partial charge in [0.15, 0.2) is 0 Å². The summed E-state index contributed by atoms with van der Waals surface area (Å²) in [7, 11) is 0. The number of esters is 1. The Morgan fingerprint density at radius 3 is 2.12 bits per heavy atom. The molecule has 1 aliphatic rings. The lowest BCUT2D eigenvalue weighted by atomic mass is 9.77. The van der Waals surface area contributed by atoms with Crippen molar-refractivity contribution in [2.24, 2.45) is 5.92 Å². The van der Waals surface area contributed by atoms with Crippen molar-refractivity contribution >= 4 is 5.97 Å². The van der Waals surface area contributed by atoms with Crippen LogP contribution in [-0.2, 0) is 0 Å². The lowest BCUT2D eigenvalue weighted by Crippen LogP contribution is -2.13. The Balaban J connectivity index is 1.41. The molecule has 3 rings (SSSR count). The molecule has 0 spiro atoms. The first-order valence-electron chi connectivity index (χ1n) is 14.0. The van der Waals surface area contributed by atoms with Gasteiger partial charge in [-0.3, -0.25) is 0 Å². The van der Waals surface area contributed by atoms with E-state index < -0.39 is 0 Å². The number of hydrogen-bond acceptors (Lipinski definition) is 2. The number of ether oxygens (including phenoxy) is 1. The van der Waals surface area contributed by atoms with Gasteiger partial charge in [0.1, 0.15) is 5.75 Å². The van der Waals surface area contributed by atoms with E-state index in [0.29, 0.717) is 23.1 Å². The van der Waals surface area contributed by atoms with Crippen LogP contribution in [0, 0.1) is 5.92 Å². The summed E-state index contributed by atoms with van der Waals surface area (Å²) in [5.74, 6) is 2.46. The van der Waals surface area contributed by atoms with Crippen molar-refractivity contribution in [3.8, 4) is 5.75 Å². The summed E-state index contributed by atoms with van der Waals surface area (Å²) in [5, 5.41) is 0. The molecule has 0 radical (unpaired) electrons. The van der Waals surface area contributed by atoms with Gasteiger partial charge in [-0.2, -0.15) is 0 Å². The van der Waals surface area contributed by atoms with Crippen molar-refractivity contribution in [2.75, 3.05) is 0 Å². The fraction of sp³-hybridized carbons (Fsp3) is 0.594. The van der Waals surface area contributed by atoms with E-state index >= 15 is 0 Å². The first kappa shape index (κ1) is 26.5. The van der Waals surface area contributed by atoms with E-state index in [0.717, 1.165) is 12.3 Å². The average Bonchev–Trinajstić information content (AvgIpc) is 2.87. The van der Waals surface area contributed by atoms with Crippen molar-refractivity contribution in [1.82, 2.24) is 0 Å². The van der Waals surface area contributed by atoms with Crippen molar-refractivity contribution in [1.29, 1.82) is 0 Å². The molecule has 1 unspecified atom stereocenters. The van der Waals surface area contributed by atoms with Crippen molar-refractivity contribution in [3.05, 3.63) is 65.2 Å². The zero-order valence-electron chi connectivity index (χ0n) is 21.9. The topological polar surface area (TPSA) is 26.3 Å². The smallest absolute Gasteiger partial charge is 0.343 e. The molecule has 2 nitrogen and oxygen atoms in total. The highest BCUT2D eigenvalue weighted by molar-refractivity contribution is 5.91. The number of unbranched alkanes of at least 4 members (excludes halogenated alkanes) is 5. The third-order valence-corrected chi connectivity index (χ3v) is 7.81. The van der Waals surface area contributed by atoms with Crippen molar-refractivity contribution in [3.63, 3.8) is 0 Å². The fourth-order valence-electron chi connectivity index (χ4n) is 5.52. The standard InChI is InChI=1S/C32H46O2/c1-4-6-7-8-9-10-12-26-13-15-28(16-14-26)29-21-23-31(24-22-29)34-32(33)30-19-17-27(18-20-30)25(3)11-5-2/h17-26,28H,4-16H2,1-3H3. The summed E-state index contributed by atoms with van der Waals surface area (Å²) in [6, 6.07) is 16.2. The summed E-state index contributed by atoms with van der Waals surface area (Å²) >= 11 is 0. The van der Waals surface area contributed by atoms with Gasteiger partial charge < -0.3 is 4.74 Å². The molecule has 186 valence electrons. The van der Waals surface area contributed by atoms with Crippen LogP contribution in [0.15, 0.2) is 48.5 Å². The van der Waals surface area contributed by atoms with E-state index in [-0.39, 0.29) is 5.97 Å². The third-order valence-electron chi connectivity index (χ3n) is 7.81. The summed E-state index contributed by atoms with van der Waals surface area (Å²) in [6.45, 7) is 6.73. The first-order chi connectivity index (χ1) is 16.6. The van der Waals surface area contributed by atoms with Gasteiger partial charge in [-0.05, 0) is 85.3 Å². The molecule has 0 aromatic heterocycles. The molecule has 1 saturated carbocycles. The Morgan fingerprint density at radius 1 is 0.824 bits per heavy atom. The second-order valence-corrected chi connectivity index (χ2v) is 10.5. The van der Waals surface area contributed by atoms with Gasteiger partial charge in [0.2, 0.25) is 0 Å². The van der Waals surface area contributed by atoms with Crippen LogP contribution >= 0.6 is 0 Å². The van der Waals surface area contributed by atoms with E-state index in [1.807, 2.05) is 24.3 Å². The lowest BCUT2D eigenvalue weighted by Gasteiger charge is -2.29. The van der Waals surface area contributed by atoms with Gasteiger partial charge in [-0.15, -0.1) is 0 Å². The summed E-state index contributed by atoms with van der Waals surface area (Å²) in [6.07, 6.45) is 17.5. The van der Waals surface area contributed by atoms with Crippen LogP contribution in [0.1, 0.15) is 138 Å². The van der Waals surface area contributed by atoms with Gasteiger partial charge in [-0.1, -0.05) is 96.4 Å². The molecule has 1 fully saturated rings. The molecule has 0 saturated heterocycles. The maximum absolute atomic E-state index is 12.6. The first-order valence-corrected chi connectivity index (χ1v) is 14.0. The fourth-order valence-corrected chi connectivity index (χ4v) is 5.52. The summed E-state index contributed by atoms with van der Waals surface area (Å²) < 4.78 is 5.65. The van der Waals surface area contributed by atoms with E-state index in [4.69, 9.17) is 4.74 Å². The summed E-state index contributed by atoms with van der Waals surface area (Å²) in [4.78, 5) is 12.6. The number of hydrogen-bond donors (Lipinski definition) is 0. The second kappa shape index (κ2) is 14.3. The number of rotatable bonds is 13. The molecule has 34 heavy (non-hydrogen) atoms. The predicted molar refractivity (Wildman–Crippen MR) is 144 cm³/mol. The van der Waals surface area contributed by atoms with Crippen LogP contribution in [0.25, 0.3) is 0 Å². The number of carbonyl (C=O) groups excluding carboxylic acids is 1. The highest BCUT2D eigenvalue weighted by atomic mass is 16.5. The average molecular weight is 463 g/mol. The largest absolute Gasteiger partial charge is 0.423 e. The molecular formula is C32H46O2. The molecule has 1 aliphatic carbocycles. The van der Waals surface area contributed by atoms with Crippen LogP contribution in [-0.4, -0.2) is 5.97 Å². The molecule has 0 bridgehead atoms. The van der Waals surface area contributed by atoms with Gasteiger partial charge in [0, 0.05) is 0 Å². The minimum atomic E-state index is -0.280. The SMILES string of the molecule is CCCCCCCCC1CCC(c2ccc(OC(=O)c3ccc(C(C)CCC)cc3)cc2)CC1. The van der Waals surface area contributed by atoms with E-state index in [9.17, 15) is 4.79 Å². The molecule has 1 atom stereocenters. The number of benzene rings is 2. The van der Waals surface area contributed by atoms with Crippen LogP contribution in [0.2, 0.25) is 0 Å². The predicted octanol–water partition coefficient (Wildman–Crippen LogP) is 9.83. The van der Waals surface area contributed by atoms with Gasteiger partial charge in [-0.25, -0.2) is 4.79 Å². The Hall–Kier alpha value is -2.09. The molecule has 2 heteroatoms. The Kier molecular flexibility index (Phi) is 11.2. The van der Waals surface area contributed by atoms with Crippen LogP contribution in [0.5, 0.6) is 5.75 Å². The van der Waals surface area contributed by atoms with Crippen LogP contribution in [0.3, 0.4) is 0 Å². The van der Waals surface area contributed by atoms with Gasteiger partial charge in [0.25, 0.3) is 0 Å². The Labute approximate surface area is 208 Å². The minimum absolute atomic E-state index is 0.280. The van der Waals surface area contributed by atoms with Crippen LogP contribution < -0.4 is 4.74 Å². The molecule has 0 heterocycles. The van der Waals surface area contributed by atoms with Crippen molar-refractivity contribution < 1.29 is 9.53 Å². The lowest BCUT2D eigenvalue weighted by molar-refractivity contribution is 0.0734. The molecule has 2 aromatic carbocycles. The molecule has 0 amide bonds. The third kappa shape index (κ3) is 8.29. The monoisotopic (exact) mass is 462 g/mol. The minimum Gasteiger partial charge on any atom is -0.423 e. The Bertz CT molecular complexity index is 828. The highest BCUT2D eigenvalue weighted by Gasteiger charge is 2.22. The molecule has 2 aromatic rings. The summed E-state index contributed by atoms with van der Waals surface area (Å²) in [5.41, 5.74) is 3.29. The second-order valence-electron chi connectivity index (χ2n) is 10.5. The highest BCUT2D eigenvalue weighted by Crippen LogP contribution is 2.38. The molecule has 0 aliphatic heterocycles. The van der Waals surface area contributed by atoms with Gasteiger partial charge >= 0.3 is 5.97 Å². The maximum Gasteiger partial charge on any atom is 0.343 e. The normalized spacial score (nSPS) is 19.0. The molecular weight excluding hydrogens is 416 g/mol. The van der Waals surface area contributed by atoms with Crippen LogP contribution in [0.4, 0.5) is 0 Å². The zero-order chi connectivity index (χ0) is 24.2. The van der Waals surface area contributed by atoms with E-state index in [1.54, 1.807) is 0 Å². The van der Waals surface area contributed by atoms with E-state index in [2.05, 4.69) is 45.0 Å². The van der Waals surface area contributed by atoms with E-state index in [1.165, 1.54) is 88.2 Å². The quantitative estimate of drug-likeness (QED) is 0.168. The van der Waals surface area contributed by atoms with Gasteiger partial charge in [0.05, 0.1) is 5.56 Å². The molecule has 0 N–H and O–H groups in total. The maximum atomic E-state index is 12.6.